The van der Waals surface area contributed by atoms with Gasteiger partial charge in [0, 0.05) is 18.5 Å². The standard InChI is InChI=1S/C11H13N3O2S/c1-8-13-9(7-17-8)5-11(15)14(2)6-10-3-4-12-16-10/h3-4,7H,5-6H2,1-2H3. The van der Waals surface area contributed by atoms with Gasteiger partial charge in [0.2, 0.25) is 5.91 Å². The largest absolute Gasteiger partial charge is 0.360 e. The van der Waals surface area contributed by atoms with Gasteiger partial charge in [-0.2, -0.15) is 0 Å². The van der Waals surface area contributed by atoms with Gasteiger partial charge in [0.25, 0.3) is 0 Å². The number of carbonyl (C=O) groups is 1. The van der Waals surface area contributed by atoms with Crippen LogP contribution in [0, 0.1) is 6.92 Å². The molecule has 0 radical (unpaired) electrons. The molecule has 0 aliphatic carbocycles. The van der Waals surface area contributed by atoms with Crippen LogP contribution in [0.15, 0.2) is 22.2 Å². The first-order valence-electron chi connectivity index (χ1n) is 5.19. The molecule has 0 spiro atoms. The van der Waals surface area contributed by atoms with Gasteiger partial charge in [-0.15, -0.1) is 11.3 Å². The molecule has 5 nitrogen and oxygen atoms in total. The summed E-state index contributed by atoms with van der Waals surface area (Å²) in [6.45, 7) is 2.36. The molecule has 0 bridgehead atoms. The number of carbonyl (C=O) groups excluding carboxylic acids is 1. The summed E-state index contributed by atoms with van der Waals surface area (Å²) in [5, 5.41) is 6.49. The van der Waals surface area contributed by atoms with E-state index < -0.39 is 0 Å². The molecule has 0 atom stereocenters. The first kappa shape index (κ1) is 11.8. The van der Waals surface area contributed by atoms with E-state index in [1.807, 2.05) is 12.3 Å². The lowest BCUT2D eigenvalue weighted by atomic mass is 10.3. The summed E-state index contributed by atoms with van der Waals surface area (Å²) in [4.78, 5) is 17.7. The van der Waals surface area contributed by atoms with E-state index >= 15 is 0 Å². The van der Waals surface area contributed by atoms with Crippen molar-refractivity contribution in [3.05, 3.63) is 34.1 Å². The zero-order valence-electron chi connectivity index (χ0n) is 9.71. The lowest BCUT2D eigenvalue weighted by Gasteiger charge is -2.14. The summed E-state index contributed by atoms with van der Waals surface area (Å²) in [7, 11) is 1.74. The second-order valence-electron chi connectivity index (χ2n) is 3.76. The first-order valence-corrected chi connectivity index (χ1v) is 6.07. The Morgan fingerprint density at radius 1 is 1.59 bits per heavy atom. The highest BCUT2D eigenvalue weighted by Gasteiger charge is 2.13. The third kappa shape index (κ3) is 3.13. The van der Waals surface area contributed by atoms with E-state index in [0.717, 1.165) is 10.7 Å². The van der Waals surface area contributed by atoms with Crippen LogP contribution in [0.4, 0.5) is 0 Å². The van der Waals surface area contributed by atoms with Crippen molar-refractivity contribution in [1.82, 2.24) is 15.0 Å². The second-order valence-corrected chi connectivity index (χ2v) is 4.83. The molecule has 1 amide bonds. The molecule has 0 aromatic carbocycles. The Balaban J connectivity index is 1.91. The fourth-order valence-corrected chi connectivity index (χ4v) is 2.04. The van der Waals surface area contributed by atoms with E-state index in [1.54, 1.807) is 35.5 Å². The van der Waals surface area contributed by atoms with Crippen LogP contribution in [-0.4, -0.2) is 28.0 Å². The van der Waals surface area contributed by atoms with Gasteiger partial charge < -0.3 is 9.42 Å². The summed E-state index contributed by atoms with van der Waals surface area (Å²) in [6.07, 6.45) is 1.90. The van der Waals surface area contributed by atoms with Crippen LogP contribution in [0.2, 0.25) is 0 Å². The van der Waals surface area contributed by atoms with Crippen LogP contribution in [0.25, 0.3) is 0 Å². The van der Waals surface area contributed by atoms with Gasteiger partial charge in [-0.05, 0) is 6.92 Å². The van der Waals surface area contributed by atoms with E-state index in [2.05, 4.69) is 10.1 Å². The maximum Gasteiger partial charge on any atom is 0.228 e. The van der Waals surface area contributed by atoms with Crippen LogP contribution >= 0.6 is 11.3 Å². The Bertz CT molecular complexity index is 493. The lowest BCUT2D eigenvalue weighted by Crippen LogP contribution is -2.27. The molecule has 17 heavy (non-hydrogen) atoms. The summed E-state index contributed by atoms with van der Waals surface area (Å²) >= 11 is 1.55. The number of nitrogens with zero attached hydrogens (tertiary/aromatic N) is 3. The number of hydrogen-bond acceptors (Lipinski definition) is 5. The first-order chi connectivity index (χ1) is 8.15. The molecule has 0 unspecified atom stereocenters. The molecule has 2 rings (SSSR count). The lowest BCUT2D eigenvalue weighted by molar-refractivity contribution is -0.130. The third-order valence-electron chi connectivity index (χ3n) is 2.31. The van der Waals surface area contributed by atoms with Gasteiger partial charge in [0.15, 0.2) is 5.76 Å². The SMILES string of the molecule is Cc1nc(CC(=O)N(C)Cc2ccno2)cs1. The molecule has 0 aliphatic heterocycles. The van der Waals surface area contributed by atoms with Crippen molar-refractivity contribution in [2.45, 2.75) is 19.9 Å². The topological polar surface area (TPSA) is 59.2 Å². The summed E-state index contributed by atoms with van der Waals surface area (Å²) in [6, 6.07) is 1.75. The zero-order chi connectivity index (χ0) is 12.3. The van der Waals surface area contributed by atoms with Crippen molar-refractivity contribution < 1.29 is 9.32 Å². The number of amides is 1. The molecule has 0 aliphatic rings. The second kappa shape index (κ2) is 5.09. The molecule has 2 aromatic heterocycles. The number of likely N-dealkylation sites (N-methyl/N-ethyl adjacent to an activating group) is 1. The molecule has 6 heteroatoms. The number of aryl methyl sites for hydroxylation is 1. The average Bonchev–Trinajstić information content (AvgIpc) is 2.90. The molecule has 0 fully saturated rings. The highest BCUT2D eigenvalue weighted by molar-refractivity contribution is 7.09. The monoisotopic (exact) mass is 251 g/mol. The minimum atomic E-state index is 0.0201. The predicted octanol–water partition coefficient (Wildman–Crippen LogP) is 1.64. The zero-order valence-corrected chi connectivity index (χ0v) is 10.5. The fourth-order valence-electron chi connectivity index (χ4n) is 1.42. The fraction of sp³-hybridized carbons (Fsp3) is 0.364. The molecule has 0 saturated heterocycles. The smallest absolute Gasteiger partial charge is 0.228 e. The Hall–Kier alpha value is -1.69. The number of thiazole rings is 1. The van der Waals surface area contributed by atoms with Gasteiger partial charge in [0.1, 0.15) is 0 Å². The van der Waals surface area contributed by atoms with Crippen molar-refractivity contribution >= 4 is 17.2 Å². The van der Waals surface area contributed by atoms with Crippen molar-refractivity contribution in [2.24, 2.45) is 0 Å². The Labute approximate surface area is 103 Å². The number of hydrogen-bond donors (Lipinski definition) is 0. The summed E-state index contributed by atoms with van der Waals surface area (Å²) < 4.78 is 4.95. The third-order valence-corrected chi connectivity index (χ3v) is 3.13. The van der Waals surface area contributed by atoms with Crippen LogP contribution in [0.1, 0.15) is 16.5 Å². The van der Waals surface area contributed by atoms with Crippen molar-refractivity contribution in [1.29, 1.82) is 0 Å². The highest BCUT2D eigenvalue weighted by atomic mass is 32.1. The minimum Gasteiger partial charge on any atom is -0.360 e. The quantitative estimate of drug-likeness (QED) is 0.829. The van der Waals surface area contributed by atoms with Crippen molar-refractivity contribution in [2.75, 3.05) is 7.05 Å². The van der Waals surface area contributed by atoms with Gasteiger partial charge in [-0.1, -0.05) is 5.16 Å². The molecule has 0 N–H and O–H groups in total. The van der Waals surface area contributed by atoms with Crippen LogP contribution in [-0.2, 0) is 17.8 Å². The van der Waals surface area contributed by atoms with Gasteiger partial charge >= 0.3 is 0 Å². The summed E-state index contributed by atoms with van der Waals surface area (Å²) in [5.41, 5.74) is 0.821. The van der Waals surface area contributed by atoms with E-state index in [4.69, 9.17) is 4.52 Å². The van der Waals surface area contributed by atoms with Crippen LogP contribution < -0.4 is 0 Å². The number of rotatable bonds is 4. The molecule has 90 valence electrons. The maximum atomic E-state index is 11.9. The van der Waals surface area contributed by atoms with Crippen molar-refractivity contribution in [3.8, 4) is 0 Å². The minimum absolute atomic E-state index is 0.0201. The molecule has 2 aromatic rings. The van der Waals surface area contributed by atoms with E-state index in [9.17, 15) is 4.79 Å². The van der Waals surface area contributed by atoms with Crippen LogP contribution in [0.5, 0.6) is 0 Å². The van der Waals surface area contributed by atoms with E-state index in [1.165, 1.54) is 0 Å². The molecular weight excluding hydrogens is 238 g/mol. The summed E-state index contributed by atoms with van der Waals surface area (Å²) in [5.74, 6) is 0.696. The Kier molecular flexibility index (Phi) is 3.53. The highest BCUT2D eigenvalue weighted by Crippen LogP contribution is 2.10. The van der Waals surface area contributed by atoms with Gasteiger partial charge in [-0.3, -0.25) is 4.79 Å². The Morgan fingerprint density at radius 3 is 3.00 bits per heavy atom. The molecular formula is C11H13N3O2S. The van der Waals surface area contributed by atoms with Gasteiger partial charge in [0.05, 0.1) is 29.9 Å². The number of aromatic nitrogens is 2. The average molecular weight is 251 g/mol. The molecule has 2 heterocycles. The van der Waals surface area contributed by atoms with Gasteiger partial charge in [-0.25, -0.2) is 4.98 Å². The van der Waals surface area contributed by atoms with Crippen LogP contribution in [0.3, 0.4) is 0 Å². The normalized spacial score (nSPS) is 10.5. The predicted molar refractivity (Wildman–Crippen MR) is 63.5 cm³/mol. The van der Waals surface area contributed by atoms with Crippen molar-refractivity contribution in [3.63, 3.8) is 0 Å². The van der Waals surface area contributed by atoms with E-state index in [-0.39, 0.29) is 5.91 Å². The Morgan fingerprint density at radius 2 is 2.41 bits per heavy atom. The van der Waals surface area contributed by atoms with E-state index in [0.29, 0.717) is 18.7 Å². The maximum absolute atomic E-state index is 11.9. The molecule has 0 saturated carbocycles.